The van der Waals surface area contributed by atoms with Gasteiger partial charge in [-0.15, -0.1) is 5.10 Å². The number of pyridine rings is 1. The number of nitrogens with zero attached hydrogens (tertiary/aromatic N) is 6. The first-order valence-electron chi connectivity index (χ1n) is 11.8. The van der Waals surface area contributed by atoms with Crippen LogP contribution in [0.1, 0.15) is 16.1 Å². The standard InChI is InChI=1S/C26H31FN8O2/c1-17-14-21(25(36)33(3)4)24(20-8-6-18(27)15-22(20)37-5)35(17)32-26(28-2)31-23-9-7-19(16-30-23)34-12-10-29-11-13-34/h6-9,14-16,29H,2,10-13H2,1,3-5H3,(H,30,31,32). The highest BCUT2D eigenvalue weighted by Gasteiger charge is 2.24. The number of carbonyl (C=O) groups is 1. The molecule has 0 bridgehead atoms. The van der Waals surface area contributed by atoms with Crippen LogP contribution in [0.5, 0.6) is 5.75 Å². The molecule has 0 unspecified atom stereocenters. The average molecular weight is 507 g/mol. The number of aliphatic imine (C=N–C) groups is 1. The Morgan fingerprint density at radius 1 is 1.22 bits per heavy atom. The molecule has 1 aromatic carbocycles. The molecule has 3 aromatic rings. The maximum absolute atomic E-state index is 14.0. The number of guanidine groups is 1. The van der Waals surface area contributed by atoms with Gasteiger partial charge in [-0.1, -0.05) is 0 Å². The Hall–Kier alpha value is -4.25. The fraction of sp³-hybridized carbons (Fsp3) is 0.308. The van der Waals surface area contributed by atoms with E-state index in [1.165, 1.54) is 24.1 Å². The molecule has 0 spiro atoms. The van der Waals surface area contributed by atoms with Crippen LogP contribution in [0.15, 0.2) is 52.7 Å². The molecule has 2 N–H and O–H groups in total. The Balaban J connectivity index is 1.73. The van der Waals surface area contributed by atoms with Crippen molar-refractivity contribution < 1.29 is 13.9 Å². The lowest BCUT2D eigenvalue weighted by Crippen LogP contribution is -2.43. The first-order valence-corrected chi connectivity index (χ1v) is 11.8. The monoisotopic (exact) mass is 506 g/mol. The van der Waals surface area contributed by atoms with Crippen LogP contribution in [0.3, 0.4) is 0 Å². The molecule has 0 saturated carbocycles. The van der Waals surface area contributed by atoms with E-state index in [9.17, 15) is 9.18 Å². The minimum absolute atomic E-state index is 0.173. The van der Waals surface area contributed by atoms with Gasteiger partial charge in [0.05, 0.1) is 30.3 Å². The van der Waals surface area contributed by atoms with Gasteiger partial charge in [0, 0.05) is 57.6 Å². The Morgan fingerprint density at radius 3 is 2.59 bits per heavy atom. The van der Waals surface area contributed by atoms with Gasteiger partial charge in [-0.05, 0) is 44.0 Å². The van der Waals surface area contributed by atoms with Crippen molar-refractivity contribution in [2.75, 3.05) is 57.6 Å². The predicted molar refractivity (Wildman–Crippen MR) is 144 cm³/mol. The first kappa shape index (κ1) is 25.8. The number of aromatic nitrogens is 2. The second-order valence-electron chi connectivity index (χ2n) is 8.75. The van der Waals surface area contributed by atoms with E-state index >= 15 is 0 Å². The molecular formula is C26H31FN8O2. The van der Waals surface area contributed by atoms with Gasteiger partial charge in [-0.3, -0.25) is 4.79 Å². The number of benzene rings is 1. The van der Waals surface area contributed by atoms with Crippen LogP contribution < -0.4 is 20.3 Å². The molecule has 1 fully saturated rings. The minimum Gasteiger partial charge on any atom is -0.496 e. The number of piperazine rings is 1. The number of ether oxygens (including phenoxy) is 1. The van der Waals surface area contributed by atoms with Crippen LogP contribution in [-0.4, -0.2) is 80.5 Å². The molecule has 0 aliphatic carbocycles. The van der Waals surface area contributed by atoms with Crippen molar-refractivity contribution in [3.8, 4) is 17.0 Å². The molecule has 0 radical (unpaired) electrons. The van der Waals surface area contributed by atoms with Gasteiger partial charge in [-0.25, -0.2) is 19.0 Å². The summed E-state index contributed by atoms with van der Waals surface area (Å²) in [6.07, 6.45) is 1.80. The van der Waals surface area contributed by atoms with Crippen molar-refractivity contribution in [2.45, 2.75) is 6.92 Å². The van der Waals surface area contributed by atoms with Crippen molar-refractivity contribution in [1.29, 1.82) is 0 Å². The minimum atomic E-state index is -0.454. The second kappa shape index (κ2) is 11.2. The van der Waals surface area contributed by atoms with Gasteiger partial charge in [0.2, 0.25) is 5.96 Å². The molecule has 1 aliphatic heterocycles. The Bertz CT molecular complexity index is 1310. The van der Waals surface area contributed by atoms with Crippen molar-refractivity contribution >= 4 is 30.1 Å². The van der Waals surface area contributed by atoms with Crippen LogP contribution >= 0.6 is 0 Å². The van der Waals surface area contributed by atoms with Crippen molar-refractivity contribution in [3.05, 3.63) is 59.7 Å². The number of hydrogen-bond donors (Lipinski definition) is 2. The van der Waals surface area contributed by atoms with E-state index < -0.39 is 5.82 Å². The maximum atomic E-state index is 14.0. The fourth-order valence-corrected chi connectivity index (χ4v) is 4.16. The molecule has 3 heterocycles. The largest absolute Gasteiger partial charge is 0.496 e. The van der Waals surface area contributed by atoms with E-state index in [0.29, 0.717) is 28.3 Å². The lowest BCUT2D eigenvalue weighted by Gasteiger charge is -2.29. The molecular weight excluding hydrogens is 475 g/mol. The Labute approximate surface area is 215 Å². The van der Waals surface area contributed by atoms with E-state index in [0.717, 1.165) is 31.9 Å². The molecule has 2 aromatic heterocycles. The molecule has 194 valence electrons. The van der Waals surface area contributed by atoms with Crippen LogP contribution in [0.4, 0.5) is 15.9 Å². The molecule has 0 atom stereocenters. The van der Waals surface area contributed by atoms with Crippen molar-refractivity contribution in [1.82, 2.24) is 19.9 Å². The van der Waals surface area contributed by atoms with Gasteiger partial charge in [-0.2, -0.15) is 0 Å². The van der Waals surface area contributed by atoms with Gasteiger partial charge in [0.25, 0.3) is 5.91 Å². The van der Waals surface area contributed by atoms with Gasteiger partial charge in [0.1, 0.15) is 17.4 Å². The van der Waals surface area contributed by atoms with Crippen LogP contribution in [0.2, 0.25) is 0 Å². The van der Waals surface area contributed by atoms with Crippen molar-refractivity contribution in [3.63, 3.8) is 0 Å². The summed E-state index contributed by atoms with van der Waals surface area (Å²) in [4.78, 5) is 25.3. The van der Waals surface area contributed by atoms with E-state index in [-0.39, 0.29) is 17.6 Å². The van der Waals surface area contributed by atoms with Gasteiger partial charge < -0.3 is 25.2 Å². The number of halogens is 1. The van der Waals surface area contributed by atoms with Gasteiger partial charge >= 0.3 is 0 Å². The zero-order chi connectivity index (χ0) is 26.5. The average Bonchev–Trinajstić information content (AvgIpc) is 3.23. The summed E-state index contributed by atoms with van der Waals surface area (Å²) in [5, 5.41) is 11.1. The predicted octanol–water partition coefficient (Wildman–Crippen LogP) is 3.05. The number of aryl methyl sites for hydroxylation is 1. The number of nitrogens with one attached hydrogen (secondary N) is 2. The molecule has 11 heteroatoms. The number of methoxy groups -OCH3 is 1. The molecule has 4 rings (SSSR count). The lowest BCUT2D eigenvalue weighted by molar-refractivity contribution is 0.0828. The summed E-state index contributed by atoms with van der Waals surface area (Å²) in [6.45, 7) is 9.18. The fourth-order valence-electron chi connectivity index (χ4n) is 4.16. The summed E-state index contributed by atoms with van der Waals surface area (Å²) in [6, 6.07) is 9.71. The molecule has 1 saturated heterocycles. The van der Waals surface area contributed by atoms with Crippen LogP contribution in [-0.2, 0) is 0 Å². The summed E-state index contributed by atoms with van der Waals surface area (Å²) < 4.78 is 21.0. The SMILES string of the molecule is C=N/C(=N\n1c(C)cc(C(=O)N(C)C)c1-c1ccc(F)cc1OC)Nc1ccc(N2CCNCC2)cn1. The first-order chi connectivity index (χ1) is 17.8. The Kier molecular flexibility index (Phi) is 7.83. The number of anilines is 2. The Morgan fingerprint density at radius 2 is 1.97 bits per heavy atom. The number of amides is 1. The zero-order valence-corrected chi connectivity index (χ0v) is 21.5. The van der Waals surface area contributed by atoms with E-state index in [4.69, 9.17) is 4.74 Å². The highest BCUT2D eigenvalue weighted by Crippen LogP contribution is 2.35. The molecule has 37 heavy (non-hydrogen) atoms. The third-order valence-corrected chi connectivity index (χ3v) is 6.02. The van der Waals surface area contributed by atoms with Gasteiger partial charge in [0.15, 0.2) is 0 Å². The topological polar surface area (TPSA) is 99.4 Å². The zero-order valence-electron chi connectivity index (χ0n) is 21.5. The highest BCUT2D eigenvalue weighted by molar-refractivity contribution is 6.01. The summed E-state index contributed by atoms with van der Waals surface area (Å²) >= 11 is 0. The molecule has 10 nitrogen and oxygen atoms in total. The van der Waals surface area contributed by atoms with E-state index in [1.54, 1.807) is 37.1 Å². The quantitative estimate of drug-likeness (QED) is 0.394. The summed E-state index contributed by atoms with van der Waals surface area (Å²) in [7, 11) is 4.78. The van der Waals surface area contributed by atoms with Crippen LogP contribution in [0, 0.1) is 12.7 Å². The lowest BCUT2D eigenvalue weighted by atomic mass is 10.1. The number of hydrogen-bond acceptors (Lipinski definition) is 6. The summed E-state index contributed by atoms with van der Waals surface area (Å²) in [5.74, 6) is 0.302. The van der Waals surface area contributed by atoms with E-state index in [1.807, 2.05) is 19.1 Å². The normalized spacial score (nSPS) is 13.9. The third-order valence-electron chi connectivity index (χ3n) is 6.02. The molecule has 1 aliphatic rings. The summed E-state index contributed by atoms with van der Waals surface area (Å²) in [5.41, 5.74) is 3.04. The smallest absolute Gasteiger partial charge is 0.255 e. The maximum Gasteiger partial charge on any atom is 0.255 e. The molecule has 1 amide bonds. The van der Waals surface area contributed by atoms with Crippen molar-refractivity contribution in [2.24, 2.45) is 10.1 Å². The third kappa shape index (κ3) is 5.61. The van der Waals surface area contributed by atoms with Crippen LogP contribution in [0.25, 0.3) is 11.3 Å². The highest BCUT2D eigenvalue weighted by atomic mass is 19.1. The second-order valence-corrected chi connectivity index (χ2v) is 8.75. The number of carbonyl (C=O) groups excluding carboxylic acids is 1. The number of rotatable bonds is 6. The van der Waals surface area contributed by atoms with E-state index in [2.05, 4.69) is 37.3 Å².